The molecule has 1 heterocycles. The number of amides is 1. The number of benzene rings is 2. The minimum absolute atomic E-state index is 0.232. The summed E-state index contributed by atoms with van der Waals surface area (Å²) in [5.74, 6) is -0.516. The molecule has 0 unspecified atom stereocenters. The fraction of sp³-hybridized carbons (Fsp3) is 0. The van der Waals surface area contributed by atoms with Crippen molar-refractivity contribution in [1.82, 2.24) is 4.98 Å². The van der Waals surface area contributed by atoms with Gasteiger partial charge in [0.25, 0.3) is 5.91 Å². The van der Waals surface area contributed by atoms with Crippen LogP contribution in [0, 0.1) is 5.82 Å². The molecular weight excluding hydrogens is 329 g/mol. The third kappa shape index (κ3) is 3.88. The lowest BCUT2D eigenvalue weighted by atomic mass is 10.2. The zero-order valence-electron chi connectivity index (χ0n) is 12.5. The molecule has 0 radical (unpaired) electrons. The Balaban J connectivity index is 1.68. The second-order valence-corrected chi connectivity index (χ2v) is 5.41. The summed E-state index contributed by atoms with van der Waals surface area (Å²) in [4.78, 5) is 16.2. The highest BCUT2D eigenvalue weighted by Gasteiger charge is 2.08. The molecule has 1 aromatic heterocycles. The molecule has 0 atom stereocenters. The third-order valence-electron chi connectivity index (χ3n) is 3.24. The lowest BCUT2D eigenvalue weighted by molar-refractivity contribution is 0.102. The zero-order chi connectivity index (χ0) is 16.9. The molecule has 6 heteroatoms. The Bertz CT molecular complexity index is 868. The number of carbonyl (C=O) groups is 1. The van der Waals surface area contributed by atoms with E-state index >= 15 is 0 Å². The van der Waals surface area contributed by atoms with E-state index in [-0.39, 0.29) is 5.56 Å². The van der Waals surface area contributed by atoms with E-state index in [0.717, 1.165) is 11.4 Å². The van der Waals surface area contributed by atoms with Crippen molar-refractivity contribution in [2.45, 2.75) is 0 Å². The first-order valence-electron chi connectivity index (χ1n) is 7.16. The lowest BCUT2D eigenvalue weighted by Crippen LogP contribution is -2.13. The van der Waals surface area contributed by atoms with E-state index in [2.05, 4.69) is 15.6 Å². The van der Waals surface area contributed by atoms with Crippen LogP contribution in [0.25, 0.3) is 0 Å². The number of hydrogen-bond acceptors (Lipinski definition) is 3. The van der Waals surface area contributed by atoms with Crippen LogP contribution in [0.5, 0.6) is 0 Å². The molecule has 120 valence electrons. The fourth-order valence-electron chi connectivity index (χ4n) is 2.08. The molecule has 4 nitrogen and oxygen atoms in total. The molecule has 24 heavy (non-hydrogen) atoms. The van der Waals surface area contributed by atoms with Crippen molar-refractivity contribution in [2.75, 3.05) is 10.6 Å². The minimum Gasteiger partial charge on any atom is -0.353 e. The maximum Gasteiger partial charge on any atom is 0.256 e. The van der Waals surface area contributed by atoms with Gasteiger partial charge in [0.05, 0.1) is 22.6 Å². The fourth-order valence-corrected chi connectivity index (χ4v) is 2.26. The van der Waals surface area contributed by atoms with Gasteiger partial charge in [-0.05, 0) is 42.5 Å². The maximum atomic E-state index is 13.1. The first kappa shape index (κ1) is 16.0. The molecule has 0 aliphatic carbocycles. The number of aromatic nitrogens is 1. The van der Waals surface area contributed by atoms with Gasteiger partial charge in [-0.2, -0.15) is 0 Å². The van der Waals surface area contributed by atoms with Gasteiger partial charge < -0.3 is 10.6 Å². The summed E-state index contributed by atoms with van der Waals surface area (Å²) in [5.41, 5.74) is 1.72. The normalized spacial score (nSPS) is 10.2. The van der Waals surface area contributed by atoms with Gasteiger partial charge in [0, 0.05) is 5.56 Å². The van der Waals surface area contributed by atoms with Crippen LogP contribution in [0.15, 0.2) is 66.9 Å². The van der Waals surface area contributed by atoms with Crippen LogP contribution in [0.1, 0.15) is 10.4 Å². The summed E-state index contributed by atoms with van der Waals surface area (Å²) < 4.78 is 13.1. The summed E-state index contributed by atoms with van der Waals surface area (Å²) in [6.07, 6.45) is 1.57. The van der Waals surface area contributed by atoms with E-state index in [4.69, 9.17) is 11.6 Å². The zero-order valence-corrected chi connectivity index (χ0v) is 13.2. The molecule has 0 spiro atoms. The molecule has 0 fully saturated rings. The van der Waals surface area contributed by atoms with Gasteiger partial charge in [-0.25, -0.2) is 9.37 Å². The Morgan fingerprint density at radius 3 is 2.58 bits per heavy atom. The van der Waals surface area contributed by atoms with E-state index < -0.39 is 11.7 Å². The van der Waals surface area contributed by atoms with E-state index in [1.165, 1.54) is 24.3 Å². The molecule has 0 aliphatic heterocycles. The Morgan fingerprint density at radius 1 is 1.04 bits per heavy atom. The topological polar surface area (TPSA) is 54.0 Å². The molecule has 2 aromatic carbocycles. The Morgan fingerprint density at radius 2 is 1.88 bits per heavy atom. The SMILES string of the molecule is O=C(Nc1ccc(Nc2ccccc2Cl)cn1)c1cccc(F)c1. The highest BCUT2D eigenvalue weighted by molar-refractivity contribution is 6.33. The Hall–Kier alpha value is -2.92. The number of pyridine rings is 1. The van der Waals surface area contributed by atoms with Crippen LogP contribution in [0.4, 0.5) is 21.6 Å². The number of carbonyl (C=O) groups excluding carboxylic acids is 1. The number of anilines is 3. The van der Waals surface area contributed by atoms with E-state index in [1.54, 1.807) is 24.4 Å². The van der Waals surface area contributed by atoms with Gasteiger partial charge in [-0.15, -0.1) is 0 Å². The van der Waals surface area contributed by atoms with Crippen LogP contribution in [-0.4, -0.2) is 10.9 Å². The van der Waals surface area contributed by atoms with Crippen LogP contribution >= 0.6 is 11.6 Å². The van der Waals surface area contributed by atoms with E-state index in [0.29, 0.717) is 10.8 Å². The molecule has 0 saturated heterocycles. The molecule has 3 rings (SSSR count). The molecule has 2 N–H and O–H groups in total. The van der Waals surface area contributed by atoms with Gasteiger partial charge in [0.2, 0.25) is 0 Å². The highest BCUT2D eigenvalue weighted by Crippen LogP contribution is 2.24. The standard InChI is InChI=1S/C18H13ClFN3O/c19-15-6-1-2-7-16(15)22-14-8-9-17(21-11-14)23-18(24)12-4-3-5-13(20)10-12/h1-11,22H,(H,21,23,24). The van der Waals surface area contributed by atoms with Crippen molar-refractivity contribution < 1.29 is 9.18 Å². The number of rotatable bonds is 4. The predicted molar refractivity (Wildman–Crippen MR) is 93.3 cm³/mol. The van der Waals surface area contributed by atoms with Crippen LogP contribution in [0.3, 0.4) is 0 Å². The average Bonchev–Trinajstić information content (AvgIpc) is 2.58. The first-order valence-corrected chi connectivity index (χ1v) is 7.54. The van der Waals surface area contributed by atoms with Crippen molar-refractivity contribution in [2.24, 2.45) is 0 Å². The quantitative estimate of drug-likeness (QED) is 0.711. The third-order valence-corrected chi connectivity index (χ3v) is 3.57. The van der Waals surface area contributed by atoms with E-state index in [9.17, 15) is 9.18 Å². The number of halogens is 2. The number of nitrogens with one attached hydrogen (secondary N) is 2. The number of para-hydroxylation sites is 1. The Kier molecular flexibility index (Phi) is 4.72. The predicted octanol–water partition coefficient (Wildman–Crippen LogP) is 4.87. The smallest absolute Gasteiger partial charge is 0.256 e. The second kappa shape index (κ2) is 7.10. The monoisotopic (exact) mass is 341 g/mol. The van der Waals surface area contributed by atoms with Crippen LogP contribution < -0.4 is 10.6 Å². The van der Waals surface area contributed by atoms with Gasteiger partial charge >= 0.3 is 0 Å². The van der Waals surface area contributed by atoms with Crippen molar-refractivity contribution in [3.8, 4) is 0 Å². The minimum atomic E-state index is -0.463. The van der Waals surface area contributed by atoms with E-state index in [1.807, 2.05) is 18.2 Å². The number of hydrogen-bond donors (Lipinski definition) is 2. The maximum absolute atomic E-state index is 13.1. The van der Waals surface area contributed by atoms with Gasteiger partial charge in [-0.1, -0.05) is 29.8 Å². The summed E-state index contributed by atoms with van der Waals surface area (Å²) in [5, 5.41) is 6.35. The number of nitrogens with zero attached hydrogens (tertiary/aromatic N) is 1. The van der Waals surface area contributed by atoms with Gasteiger partial charge in [-0.3, -0.25) is 4.79 Å². The van der Waals surface area contributed by atoms with Gasteiger partial charge in [0.15, 0.2) is 0 Å². The van der Waals surface area contributed by atoms with Crippen molar-refractivity contribution >= 4 is 34.7 Å². The van der Waals surface area contributed by atoms with Crippen molar-refractivity contribution in [3.05, 3.63) is 83.3 Å². The second-order valence-electron chi connectivity index (χ2n) is 5.00. The van der Waals surface area contributed by atoms with Crippen molar-refractivity contribution in [3.63, 3.8) is 0 Å². The molecule has 3 aromatic rings. The van der Waals surface area contributed by atoms with Crippen LogP contribution in [0.2, 0.25) is 5.02 Å². The van der Waals surface area contributed by atoms with Crippen molar-refractivity contribution in [1.29, 1.82) is 0 Å². The summed E-state index contributed by atoms with van der Waals surface area (Å²) in [7, 11) is 0. The summed E-state index contributed by atoms with van der Waals surface area (Å²) in [6.45, 7) is 0. The molecular formula is C18H13ClFN3O. The molecule has 0 saturated carbocycles. The average molecular weight is 342 g/mol. The molecule has 0 aliphatic rings. The van der Waals surface area contributed by atoms with Gasteiger partial charge in [0.1, 0.15) is 11.6 Å². The molecule has 0 bridgehead atoms. The summed E-state index contributed by atoms with van der Waals surface area (Å²) in [6, 6.07) is 16.2. The lowest BCUT2D eigenvalue weighted by Gasteiger charge is -2.09. The highest BCUT2D eigenvalue weighted by atomic mass is 35.5. The molecule has 1 amide bonds. The summed E-state index contributed by atoms with van der Waals surface area (Å²) >= 11 is 6.08. The Labute approximate surface area is 143 Å². The first-order chi connectivity index (χ1) is 11.6. The van der Waals surface area contributed by atoms with Crippen LogP contribution in [-0.2, 0) is 0 Å². The largest absolute Gasteiger partial charge is 0.353 e.